The van der Waals surface area contributed by atoms with E-state index < -0.39 is 6.03 Å². The number of urea groups is 1. The number of halogens is 1. The topological polar surface area (TPSA) is 74.2 Å². The average Bonchev–Trinajstić information content (AvgIpc) is 3.15. The number of carbonyl (C=O) groups is 1. The van der Waals surface area contributed by atoms with Gasteiger partial charge in [0.05, 0.1) is 20.9 Å². The predicted molar refractivity (Wildman–Crippen MR) is 114 cm³/mol. The number of nitrogens with one attached hydrogen (secondary N) is 2. The first-order chi connectivity index (χ1) is 13.6. The van der Waals surface area contributed by atoms with Crippen molar-refractivity contribution in [2.24, 2.45) is 0 Å². The van der Waals surface area contributed by atoms with E-state index in [-0.39, 0.29) is 16.5 Å². The zero-order valence-electron chi connectivity index (χ0n) is 14.6. The van der Waals surface area contributed by atoms with Crippen LogP contribution in [0.5, 0.6) is 5.75 Å². The Morgan fingerprint density at radius 1 is 1.07 bits per heavy atom. The SMILES string of the molecule is O=C(NCc1ccccc1)Nc1cc(-c2nc3ccccc3s2)cc(Cl)c1O. The molecule has 0 radical (unpaired) electrons. The quantitative estimate of drug-likeness (QED) is 0.381. The monoisotopic (exact) mass is 409 g/mol. The van der Waals surface area contributed by atoms with Gasteiger partial charge < -0.3 is 15.7 Å². The average molecular weight is 410 g/mol. The lowest BCUT2D eigenvalue weighted by Crippen LogP contribution is -2.28. The molecule has 2 amide bonds. The number of carbonyl (C=O) groups excluding carboxylic acids is 1. The van der Waals surface area contributed by atoms with Crippen molar-refractivity contribution in [1.82, 2.24) is 10.3 Å². The number of phenols is 1. The van der Waals surface area contributed by atoms with Crippen LogP contribution in [0.25, 0.3) is 20.8 Å². The number of phenolic OH excluding ortho intramolecular Hbond substituents is 1. The van der Waals surface area contributed by atoms with E-state index in [1.807, 2.05) is 54.6 Å². The fourth-order valence-electron chi connectivity index (χ4n) is 2.76. The molecule has 3 aromatic carbocycles. The Hall–Kier alpha value is -3.09. The molecule has 0 saturated heterocycles. The van der Waals surface area contributed by atoms with Crippen molar-refractivity contribution in [2.45, 2.75) is 6.54 Å². The number of aromatic nitrogens is 1. The molecule has 0 aliphatic carbocycles. The van der Waals surface area contributed by atoms with E-state index in [1.54, 1.807) is 12.1 Å². The lowest BCUT2D eigenvalue weighted by atomic mass is 10.2. The molecule has 0 fully saturated rings. The molecule has 3 N–H and O–H groups in total. The molecule has 4 aromatic rings. The number of benzene rings is 3. The van der Waals surface area contributed by atoms with Gasteiger partial charge in [-0.05, 0) is 29.8 Å². The van der Waals surface area contributed by atoms with Gasteiger partial charge in [0.25, 0.3) is 0 Å². The first kappa shape index (κ1) is 18.3. The summed E-state index contributed by atoms with van der Waals surface area (Å²) in [6, 6.07) is 20.3. The molecular weight excluding hydrogens is 394 g/mol. The van der Waals surface area contributed by atoms with Gasteiger partial charge in [-0.1, -0.05) is 54.1 Å². The molecule has 4 rings (SSSR count). The third kappa shape index (κ3) is 3.93. The van der Waals surface area contributed by atoms with Crippen molar-refractivity contribution >= 4 is 44.9 Å². The lowest BCUT2D eigenvalue weighted by Gasteiger charge is -2.11. The van der Waals surface area contributed by atoms with Crippen molar-refractivity contribution in [3.63, 3.8) is 0 Å². The minimum absolute atomic E-state index is 0.148. The van der Waals surface area contributed by atoms with E-state index in [0.717, 1.165) is 26.4 Å². The molecule has 5 nitrogen and oxygen atoms in total. The summed E-state index contributed by atoms with van der Waals surface area (Å²) >= 11 is 7.70. The summed E-state index contributed by atoms with van der Waals surface area (Å²) in [4.78, 5) is 16.8. The second-order valence-corrected chi connectivity index (χ2v) is 7.57. The van der Waals surface area contributed by atoms with Gasteiger partial charge in [0.1, 0.15) is 5.01 Å². The number of rotatable bonds is 4. The van der Waals surface area contributed by atoms with E-state index in [2.05, 4.69) is 15.6 Å². The molecule has 0 aliphatic rings. The summed E-state index contributed by atoms with van der Waals surface area (Å²) in [5, 5.41) is 16.6. The Morgan fingerprint density at radius 3 is 2.61 bits per heavy atom. The molecule has 7 heteroatoms. The highest BCUT2D eigenvalue weighted by Crippen LogP contribution is 2.39. The Labute approximate surface area is 170 Å². The molecule has 0 spiro atoms. The van der Waals surface area contributed by atoms with Gasteiger partial charge in [0, 0.05) is 12.1 Å². The first-order valence-corrected chi connectivity index (χ1v) is 9.77. The van der Waals surface area contributed by atoms with Crippen LogP contribution in [0, 0.1) is 0 Å². The number of fused-ring (bicyclic) bond motifs is 1. The van der Waals surface area contributed by atoms with E-state index >= 15 is 0 Å². The molecule has 0 saturated carbocycles. The third-order valence-electron chi connectivity index (χ3n) is 4.15. The van der Waals surface area contributed by atoms with Gasteiger partial charge in [0.2, 0.25) is 0 Å². The van der Waals surface area contributed by atoms with Gasteiger partial charge >= 0.3 is 6.03 Å². The maximum absolute atomic E-state index is 12.2. The van der Waals surface area contributed by atoms with E-state index in [0.29, 0.717) is 6.54 Å². The molecule has 0 bridgehead atoms. The number of aromatic hydroxyl groups is 1. The number of amides is 2. The van der Waals surface area contributed by atoms with Crippen LogP contribution in [0.1, 0.15) is 5.56 Å². The summed E-state index contributed by atoms with van der Waals surface area (Å²) in [5.41, 5.74) is 2.82. The van der Waals surface area contributed by atoms with Gasteiger partial charge in [-0.25, -0.2) is 9.78 Å². The zero-order chi connectivity index (χ0) is 19.5. The fraction of sp³-hybridized carbons (Fsp3) is 0.0476. The van der Waals surface area contributed by atoms with Crippen LogP contribution < -0.4 is 10.6 Å². The van der Waals surface area contributed by atoms with Crippen LogP contribution in [0.2, 0.25) is 5.02 Å². The van der Waals surface area contributed by atoms with Gasteiger partial charge in [0.15, 0.2) is 5.75 Å². The first-order valence-electron chi connectivity index (χ1n) is 8.57. The maximum atomic E-state index is 12.2. The van der Waals surface area contributed by atoms with E-state index in [4.69, 9.17) is 11.6 Å². The van der Waals surface area contributed by atoms with Crippen LogP contribution in [0.4, 0.5) is 10.5 Å². The van der Waals surface area contributed by atoms with Crippen LogP contribution in [0.15, 0.2) is 66.7 Å². The molecule has 0 unspecified atom stereocenters. The third-order valence-corrected chi connectivity index (χ3v) is 5.52. The molecule has 28 heavy (non-hydrogen) atoms. The molecule has 1 aromatic heterocycles. The summed E-state index contributed by atoms with van der Waals surface area (Å²) in [5.74, 6) is -0.179. The Bertz CT molecular complexity index is 1110. The van der Waals surface area contributed by atoms with Gasteiger partial charge in [-0.3, -0.25) is 0 Å². The summed E-state index contributed by atoms with van der Waals surface area (Å²) < 4.78 is 1.05. The van der Waals surface area contributed by atoms with E-state index in [1.165, 1.54) is 11.3 Å². The standard InChI is InChI=1S/C21H16ClN3O2S/c22-15-10-14(20-24-16-8-4-5-9-18(16)28-20)11-17(19(15)26)25-21(27)23-12-13-6-2-1-3-7-13/h1-11,26H,12H2,(H2,23,25,27). The molecular formula is C21H16ClN3O2S. The molecule has 1 heterocycles. The van der Waals surface area contributed by atoms with Gasteiger partial charge in [-0.2, -0.15) is 0 Å². The Balaban J connectivity index is 1.56. The van der Waals surface area contributed by atoms with Crippen LogP contribution in [-0.4, -0.2) is 16.1 Å². The van der Waals surface area contributed by atoms with Crippen molar-refractivity contribution in [1.29, 1.82) is 0 Å². The zero-order valence-corrected chi connectivity index (χ0v) is 16.2. The fourth-order valence-corrected chi connectivity index (χ4v) is 3.93. The van der Waals surface area contributed by atoms with Crippen molar-refractivity contribution < 1.29 is 9.90 Å². The van der Waals surface area contributed by atoms with Crippen molar-refractivity contribution in [2.75, 3.05) is 5.32 Å². The largest absolute Gasteiger partial charge is 0.504 e. The number of thiazole rings is 1. The summed E-state index contributed by atoms with van der Waals surface area (Å²) in [6.45, 7) is 0.374. The summed E-state index contributed by atoms with van der Waals surface area (Å²) in [7, 11) is 0. The van der Waals surface area contributed by atoms with E-state index in [9.17, 15) is 9.90 Å². The van der Waals surface area contributed by atoms with Crippen LogP contribution >= 0.6 is 22.9 Å². The van der Waals surface area contributed by atoms with Crippen LogP contribution in [-0.2, 0) is 6.54 Å². The normalized spacial score (nSPS) is 10.8. The number of nitrogens with zero attached hydrogens (tertiary/aromatic N) is 1. The molecule has 140 valence electrons. The minimum atomic E-state index is -0.434. The Morgan fingerprint density at radius 2 is 1.82 bits per heavy atom. The molecule has 0 atom stereocenters. The smallest absolute Gasteiger partial charge is 0.319 e. The lowest BCUT2D eigenvalue weighted by molar-refractivity contribution is 0.251. The highest BCUT2D eigenvalue weighted by atomic mass is 35.5. The minimum Gasteiger partial charge on any atom is -0.504 e. The molecule has 0 aliphatic heterocycles. The Kier molecular flexibility index (Phi) is 5.14. The highest BCUT2D eigenvalue weighted by Gasteiger charge is 2.14. The summed E-state index contributed by atoms with van der Waals surface area (Å²) in [6.07, 6.45) is 0. The van der Waals surface area contributed by atoms with Gasteiger partial charge in [-0.15, -0.1) is 11.3 Å². The number of hydrogen-bond acceptors (Lipinski definition) is 4. The second kappa shape index (κ2) is 7.88. The number of hydrogen-bond donors (Lipinski definition) is 3. The van der Waals surface area contributed by atoms with Crippen molar-refractivity contribution in [3.8, 4) is 16.3 Å². The number of anilines is 1. The highest BCUT2D eigenvalue weighted by molar-refractivity contribution is 7.21. The second-order valence-electron chi connectivity index (χ2n) is 6.13. The van der Waals surface area contributed by atoms with Crippen molar-refractivity contribution in [3.05, 3.63) is 77.3 Å². The van der Waals surface area contributed by atoms with Crippen LogP contribution in [0.3, 0.4) is 0 Å². The predicted octanol–water partition coefficient (Wildman–Crippen LogP) is 5.64. The maximum Gasteiger partial charge on any atom is 0.319 e. The number of para-hydroxylation sites is 1.